The van der Waals surface area contributed by atoms with Crippen molar-refractivity contribution < 1.29 is 0 Å². The first-order valence-electron chi connectivity index (χ1n) is 11.7. The van der Waals surface area contributed by atoms with Crippen LogP contribution in [0.25, 0.3) is 22.2 Å². The monoisotopic (exact) mass is 402 g/mol. The lowest BCUT2D eigenvalue weighted by molar-refractivity contribution is 0.196. The van der Waals surface area contributed by atoms with Crippen molar-refractivity contribution in [2.75, 3.05) is 26.2 Å². The van der Waals surface area contributed by atoms with Crippen molar-refractivity contribution in [1.82, 2.24) is 20.2 Å². The first-order chi connectivity index (χ1) is 14.7. The lowest BCUT2D eigenvalue weighted by Gasteiger charge is -2.33. The summed E-state index contributed by atoms with van der Waals surface area (Å²) in [5, 5.41) is 5.05. The number of piperidine rings is 1. The quantitative estimate of drug-likeness (QED) is 0.629. The molecule has 1 aromatic carbocycles. The van der Waals surface area contributed by atoms with Gasteiger partial charge in [0.15, 0.2) is 0 Å². The van der Waals surface area contributed by atoms with E-state index in [0.717, 1.165) is 18.2 Å². The largest absolute Gasteiger partial charge is 0.354 e. The number of aromatic nitrogens is 2. The van der Waals surface area contributed by atoms with Crippen LogP contribution in [0.2, 0.25) is 0 Å². The molecule has 0 aliphatic carbocycles. The molecule has 0 radical (unpaired) electrons. The molecule has 0 spiro atoms. The van der Waals surface area contributed by atoms with Gasteiger partial charge in [-0.3, -0.25) is 4.98 Å². The SMILES string of the molecule is CCc1c(-c2ccnc(C)c2)[nH]c2ccc(C3CCN(CC4CCCN4)CC3)cc12. The number of H-pyrrole nitrogens is 1. The van der Waals surface area contributed by atoms with Crippen LogP contribution in [0, 0.1) is 6.92 Å². The Kier molecular flexibility index (Phi) is 5.62. The zero-order valence-electron chi connectivity index (χ0n) is 18.4. The van der Waals surface area contributed by atoms with E-state index in [4.69, 9.17) is 0 Å². The maximum absolute atomic E-state index is 4.37. The standard InChI is InChI=1S/C26H34N4/c1-3-23-24-16-20(19-9-13-30(14-10-19)17-22-5-4-11-28-22)6-7-25(24)29-26(23)21-8-12-27-18(2)15-21/h6-8,12,15-16,19,22,28-29H,3-5,9-11,13-14,17H2,1-2H3. The molecule has 4 heterocycles. The number of fused-ring (bicyclic) bond motifs is 1. The molecule has 2 N–H and O–H groups in total. The maximum atomic E-state index is 4.37. The average molecular weight is 403 g/mol. The molecule has 158 valence electrons. The van der Waals surface area contributed by atoms with E-state index in [1.54, 1.807) is 0 Å². The number of hydrogen-bond donors (Lipinski definition) is 2. The number of rotatable bonds is 5. The summed E-state index contributed by atoms with van der Waals surface area (Å²) in [4.78, 5) is 10.7. The summed E-state index contributed by atoms with van der Waals surface area (Å²) in [7, 11) is 0. The van der Waals surface area contributed by atoms with Gasteiger partial charge in [0.2, 0.25) is 0 Å². The average Bonchev–Trinajstić information content (AvgIpc) is 3.41. The Hall–Kier alpha value is -2.17. The van der Waals surface area contributed by atoms with E-state index < -0.39 is 0 Å². The third-order valence-corrected chi connectivity index (χ3v) is 7.17. The second-order valence-corrected chi connectivity index (χ2v) is 9.19. The van der Waals surface area contributed by atoms with Crippen LogP contribution in [0.5, 0.6) is 0 Å². The lowest BCUT2D eigenvalue weighted by Crippen LogP contribution is -2.41. The summed E-state index contributed by atoms with van der Waals surface area (Å²) in [5.41, 5.74) is 7.77. The van der Waals surface area contributed by atoms with Gasteiger partial charge >= 0.3 is 0 Å². The van der Waals surface area contributed by atoms with E-state index in [0.29, 0.717) is 5.92 Å². The minimum atomic E-state index is 0.688. The normalized spacial score (nSPS) is 20.9. The van der Waals surface area contributed by atoms with E-state index in [2.05, 4.69) is 64.4 Å². The van der Waals surface area contributed by atoms with Crippen LogP contribution in [0.4, 0.5) is 0 Å². The highest BCUT2D eigenvalue weighted by atomic mass is 15.2. The molecule has 0 saturated carbocycles. The van der Waals surface area contributed by atoms with Crippen molar-refractivity contribution in [2.45, 2.75) is 57.9 Å². The molecule has 4 heteroatoms. The summed E-state index contributed by atoms with van der Waals surface area (Å²) < 4.78 is 0. The summed E-state index contributed by atoms with van der Waals surface area (Å²) in [6, 6.07) is 12.2. The van der Waals surface area contributed by atoms with Crippen LogP contribution < -0.4 is 5.32 Å². The van der Waals surface area contributed by atoms with Gasteiger partial charge in [-0.2, -0.15) is 0 Å². The Morgan fingerprint density at radius 3 is 2.70 bits per heavy atom. The Morgan fingerprint density at radius 1 is 1.10 bits per heavy atom. The summed E-state index contributed by atoms with van der Waals surface area (Å²) in [6.45, 7) is 9.23. The van der Waals surface area contributed by atoms with E-state index in [1.165, 1.54) is 85.1 Å². The fraction of sp³-hybridized carbons (Fsp3) is 0.500. The smallest absolute Gasteiger partial charge is 0.0498 e. The van der Waals surface area contributed by atoms with Crippen LogP contribution in [0.15, 0.2) is 36.5 Å². The summed E-state index contributed by atoms with van der Waals surface area (Å²) in [5.74, 6) is 0.688. The van der Waals surface area contributed by atoms with Crippen molar-refractivity contribution in [3.05, 3.63) is 53.3 Å². The first-order valence-corrected chi connectivity index (χ1v) is 11.7. The molecule has 2 aliphatic heterocycles. The van der Waals surface area contributed by atoms with Gasteiger partial charge in [-0.05, 0) is 100.0 Å². The molecule has 2 fully saturated rings. The molecule has 0 bridgehead atoms. The molecule has 2 saturated heterocycles. The number of aromatic amines is 1. The van der Waals surface area contributed by atoms with E-state index in [9.17, 15) is 0 Å². The number of benzene rings is 1. The molecule has 5 rings (SSSR count). The van der Waals surface area contributed by atoms with Gasteiger partial charge in [0.05, 0.1) is 0 Å². The molecule has 0 amide bonds. The van der Waals surface area contributed by atoms with Gasteiger partial charge < -0.3 is 15.2 Å². The maximum Gasteiger partial charge on any atom is 0.0498 e. The molecular formula is C26H34N4. The van der Waals surface area contributed by atoms with Gasteiger partial charge in [-0.25, -0.2) is 0 Å². The fourth-order valence-electron chi connectivity index (χ4n) is 5.51. The van der Waals surface area contributed by atoms with Gasteiger partial charge in [0.25, 0.3) is 0 Å². The number of nitrogens with zero attached hydrogens (tertiary/aromatic N) is 2. The summed E-state index contributed by atoms with van der Waals surface area (Å²) in [6.07, 6.45) is 8.20. The Morgan fingerprint density at radius 2 is 1.97 bits per heavy atom. The molecule has 1 unspecified atom stereocenters. The number of hydrogen-bond acceptors (Lipinski definition) is 3. The number of nitrogens with one attached hydrogen (secondary N) is 2. The highest BCUT2D eigenvalue weighted by molar-refractivity contribution is 5.91. The minimum absolute atomic E-state index is 0.688. The zero-order valence-corrected chi connectivity index (χ0v) is 18.4. The van der Waals surface area contributed by atoms with Gasteiger partial charge in [0.1, 0.15) is 0 Å². The second-order valence-electron chi connectivity index (χ2n) is 9.19. The van der Waals surface area contributed by atoms with Gasteiger partial charge in [-0.1, -0.05) is 13.0 Å². The van der Waals surface area contributed by atoms with Crippen molar-refractivity contribution >= 4 is 10.9 Å². The third kappa shape index (κ3) is 3.91. The van der Waals surface area contributed by atoms with Crippen LogP contribution in [0.1, 0.15) is 55.3 Å². The van der Waals surface area contributed by atoms with E-state index in [-0.39, 0.29) is 0 Å². The van der Waals surface area contributed by atoms with Crippen molar-refractivity contribution in [3.8, 4) is 11.3 Å². The minimum Gasteiger partial charge on any atom is -0.354 e. The van der Waals surface area contributed by atoms with Crippen molar-refractivity contribution in [1.29, 1.82) is 0 Å². The van der Waals surface area contributed by atoms with Gasteiger partial charge in [-0.15, -0.1) is 0 Å². The molecular weight excluding hydrogens is 368 g/mol. The Balaban J connectivity index is 1.36. The molecule has 4 nitrogen and oxygen atoms in total. The highest BCUT2D eigenvalue weighted by Gasteiger charge is 2.24. The first kappa shape index (κ1) is 19.8. The molecule has 30 heavy (non-hydrogen) atoms. The number of likely N-dealkylation sites (tertiary alicyclic amines) is 1. The Labute approximate surface area is 180 Å². The fourth-order valence-corrected chi connectivity index (χ4v) is 5.51. The third-order valence-electron chi connectivity index (χ3n) is 7.17. The second kappa shape index (κ2) is 8.52. The predicted octanol–water partition coefficient (Wildman–Crippen LogP) is 5.03. The zero-order chi connectivity index (χ0) is 20.5. The van der Waals surface area contributed by atoms with Gasteiger partial charge in [0, 0.05) is 46.6 Å². The Bertz CT molecular complexity index is 1010. The topological polar surface area (TPSA) is 44.0 Å². The van der Waals surface area contributed by atoms with Crippen molar-refractivity contribution in [2.24, 2.45) is 0 Å². The molecule has 2 aliphatic rings. The van der Waals surface area contributed by atoms with E-state index in [1.807, 2.05) is 6.20 Å². The summed E-state index contributed by atoms with van der Waals surface area (Å²) >= 11 is 0. The van der Waals surface area contributed by atoms with Crippen molar-refractivity contribution in [3.63, 3.8) is 0 Å². The van der Waals surface area contributed by atoms with Crippen LogP contribution in [0.3, 0.4) is 0 Å². The van der Waals surface area contributed by atoms with Crippen LogP contribution in [-0.4, -0.2) is 47.1 Å². The molecule has 2 aromatic heterocycles. The highest BCUT2D eigenvalue weighted by Crippen LogP contribution is 2.35. The molecule has 1 atom stereocenters. The van der Waals surface area contributed by atoms with Crippen LogP contribution in [-0.2, 0) is 6.42 Å². The number of pyridine rings is 1. The lowest BCUT2D eigenvalue weighted by atomic mass is 9.88. The number of aryl methyl sites for hydroxylation is 2. The van der Waals surface area contributed by atoms with E-state index >= 15 is 0 Å². The predicted molar refractivity (Wildman–Crippen MR) is 125 cm³/mol. The van der Waals surface area contributed by atoms with Crippen LogP contribution >= 0.6 is 0 Å². The molecule has 3 aromatic rings.